The minimum atomic E-state index is -0.607. The summed E-state index contributed by atoms with van der Waals surface area (Å²) in [5.41, 5.74) is 0. The van der Waals surface area contributed by atoms with Gasteiger partial charge in [-0.05, 0) is 18.9 Å². The molecule has 0 spiro atoms. The van der Waals surface area contributed by atoms with Crippen molar-refractivity contribution in [2.45, 2.75) is 18.9 Å². The highest BCUT2D eigenvalue weighted by atomic mass is 16.5. The van der Waals surface area contributed by atoms with Gasteiger partial charge in [-0.15, -0.1) is 0 Å². The van der Waals surface area contributed by atoms with Gasteiger partial charge in [0.2, 0.25) is 5.91 Å². The number of carbonyl (C=O) groups is 1. The van der Waals surface area contributed by atoms with E-state index in [-0.39, 0.29) is 19.1 Å². The first-order valence-corrected chi connectivity index (χ1v) is 5.73. The quantitative estimate of drug-likeness (QED) is 0.405. The van der Waals surface area contributed by atoms with Crippen LogP contribution in [-0.2, 0) is 14.3 Å². The second-order valence-electron chi connectivity index (χ2n) is 3.51. The zero-order valence-corrected chi connectivity index (χ0v) is 10.2. The van der Waals surface area contributed by atoms with Crippen LogP contribution in [0.25, 0.3) is 0 Å². The molecule has 0 saturated heterocycles. The third-order valence-electron chi connectivity index (χ3n) is 1.86. The molecule has 0 fully saturated rings. The van der Waals surface area contributed by atoms with Crippen molar-refractivity contribution in [1.29, 1.82) is 0 Å². The summed E-state index contributed by atoms with van der Waals surface area (Å²) in [4.78, 5) is 10.8. The van der Waals surface area contributed by atoms with Crippen molar-refractivity contribution in [1.82, 2.24) is 5.32 Å². The number of aliphatic hydroxyl groups excluding tert-OH is 1. The smallest absolute Gasteiger partial charge is 0.243 e. The summed E-state index contributed by atoms with van der Waals surface area (Å²) < 4.78 is 10.3. The largest absolute Gasteiger partial charge is 0.388 e. The Hall–Kier alpha value is -0.910. The topological polar surface area (TPSA) is 67.8 Å². The highest BCUT2D eigenvalue weighted by Crippen LogP contribution is 1.90. The maximum absolute atomic E-state index is 10.8. The summed E-state index contributed by atoms with van der Waals surface area (Å²) >= 11 is 0. The molecule has 0 heterocycles. The Morgan fingerprint density at radius 1 is 1.35 bits per heavy atom. The van der Waals surface area contributed by atoms with Gasteiger partial charge < -0.3 is 19.9 Å². The van der Waals surface area contributed by atoms with Crippen LogP contribution >= 0.6 is 0 Å². The van der Waals surface area contributed by atoms with Crippen LogP contribution in [0, 0.1) is 6.92 Å². The summed E-state index contributed by atoms with van der Waals surface area (Å²) in [6.45, 7) is 9.05. The predicted molar refractivity (Wildman–Crippen MR) is 65.4 cm³/mol. The average molecular weight is 244 g/mol. The van der Waals surface area contributed by atoms with E-state index in [1.807, 2.05) is 0 Å². The van der Waals surface area contributed by atoms with Gasteiger partial charge in [-0.1, -0.05) is 13.5 Å². The van der Waals surface area contributed by atoms with Crippen LogP contribution in [0.4, 0.5) is 0 Å². The maximum atomic E-state index is 10.8. The molecule has 0 aromatic carbocycles. The van der Waals surface area contributed by atoms with E-state index in [0.29, 0.717) is 32.6 Å². The second kappa shape index (κ2) is 11.6. The molecule has 1 atom stereocenters. The number of amides is 1. The molecule has 0 rings (SSSR count). The highest BCUT2D eigenvalue weighted by Gasteiger charge is 2.03. The standard InChI is InChI=1S/C12H22NO4/c1-3-7-16-9-11(14)10-17-8-5-6-13-12(15)4-2/h4,11,14H,1-3,5-10H2,(H,13,15). The van der Waals surface area contributed by atoms with Gasteiger partial charge in [0.25, 0.3) is 0 Å². The summed E-state index contributed by atoms with van der Waals surface area (Å²) in [7, 11) is 0. The number of nitrogens with one attached hydrogen (secondary N) is 1. The Labute approximate surface area is 103 Å². The van der Waals surface area contributed by atoms with Crippen LogP contribution in [0.2, 0.25) is 0 Å². The highest BCUT2D eigenvalue weighted by molar-refractivity contribution is 5.86. The summed E-state index contributed by atoms with van der Waals surface area (Å²) in [5, 5.41) is 12.0. The molecule has 5 nitrogen and oxygen atoms in total. The van der Waals surface area contributed by atoms with E-state index >= 15 is 0 Å². The van der Waals surface area contributed by atoms with E-state index < -0.39 is 6.10 Å². The van der Waals surface area contributed by atoms with E-state index in [0.717, 1.165) is 0 Å². The number of carbonyl (C=O) groups excluding carboxylic acids is 1. The second-order valence-corrected chi connectivity index (χ2v) is 3.51. The Morgan fingerprint density at radius 3 is 2.59 bits per heavy atom. The fourth-order valence-corrected chi connectivity index (χ4v) is 1.05. The molecule has 0 aromatic heterocycles. The molecule has 0 aliphatic rings. The lowest BCUT2D eigenvalue weighted by Gasteiger charge is -2.11. The van der Waals surface area contributed by atoms with Gasteiger partial charge >= 0.3 is 0 Å². The van der Waals surface area contributed by atoms with Crippen molar-refractivity contribution < 1.29 is 19.4 Å². The molecule has 1 radical (unpaired) electrons. The molecule has 5 heteroatoms. The minimum Gasteiger partial charge on any atom is -0.388 e. The normalized spacial score (nSPS) is 12.1. The lowest BCUT2D eigenvalue weighted by molar-refractivity contribution is -0.116. The Balaban J connectivity index is 3.21. The SMILES string of the molecule is [CH2]CCOCC(O)COCCCNC(=O)C=C. The van der Waals surface area contributed by atoms with E-state index in [2.05, 4.69) is 18.8 Å². The maximum Gasteiger partial charge on any atom is 0.243 e. The lowest BCUT2D eigenvalue weighted by Crippen LogP contribution is -2.25. The first-order valence-electron chi connectivity index (χ1n) is 5.73. The fraction of sp³-hybridized carbons (Fsp3) is 0.667. The molecule has 0 aliphatic carbocycles. The Morgan fingerprint density at radius 2 is 2.00 bits per heavy atom. The zero-order valence-electron chi connectivity index (χ0n) is 10.2. The molecule has 0 saturated carbocycles. The van der Waals surface area contributed by atoms with Crippen molar-refractivity contribution in [3.05, 3.63) is 19.6 Å². The molecule has 0 bridgehead atoms. The molecular weight excluding hydrogens is 222 g/mol. The molecule has 0 aromatic rings. The van der Waals surface area contributed by atoms with Crippen molar-refractivity contribution in [2.75, 3.05) is 33.0 Å². The molecular formula is C12H22NO4. The fourth-order valence-electron chi connectivity index (χ4n) is 1.05. The van der Waals surface area contributed by atoms with Crippen LogP contribution in [0.5, 0.6) is 0 Å². The first kappa shape index (κ1) is 16.1. The van der Waals surface area contributed by atoms with Gasteiger partial charge in [0.15, 0.2) is 0 Å². The van der Waals surface area contributed by atoms with Crippen molar-refractivity contribution in [3.63, 3.8) is 0 Å². The molecule has 1 amide bonds. The summed E-state index contributed by atoms with van der Waals surface area (Å²) in [6, 6.07) is 0. The minimum absolute atomic E-state index is 0.188. The van der Waals surface area contributed by atoms with Gasteiger partial charge in [0, 0.05) is 19.8 Å². The monoisotopic (exact) mass is 244 g/mol. The Kier molecular flexibility index (Phi) is 11.0. The van der Waals surface area contributed by atoms with Crippen molar-refractivity contribution in [2.24, 2.45) is 0 Å². The van der Waals surface area contributed by atoms with Crippen LogP contribution in [0.3, 0.4) is 0 Å². The van der Waals surface area contributed by atoms with Gasteiger partial charge in [0.05, 0.1) is 13.2 Å². The van der Waals surface area contributed by atoms with Crippen LogP contribution in [-0.4, -0.2) is 50.1 Å². The summed E-state index contributed by atoms with van der Waals surface area (Å²) in [6.07, 6.45) is 2.01. The molecule has 0 aliphatic heterocycles. The van der Waals surface area contributed by atoms with Crippen LogP contribution < -0.4 is 5.32 Å². The number of hydrogen-bond acceptors (Lipinski definition) is 4. The van der Waals surface area contributed by atoms with E-state index in [9.17, 15) is 9.90 Å². The van der Waals surface area contributed by atoms with Crippen LogP contribution in [0.1, 0.15) is 12.8 Å². The molecule has 1 unspecified atom stereocenters. The lowest BCUT2D eigenvalue weighted by atomic mass is 10.4. The average Bonchev–Trinajstić information content (AvgIpc) is 2.33. The predicted octanol–water partition coefficient (Wildman–Crippen LogP) is 0.297. The van der Waals surface area contributed by atoms with Crippen molar-refractivity contribution >= 4 is 5.91 Å². The van der Waals surface area contributed by atoms with Gasteiger partial charge in [-0.2, -0.15) is 0 Å². The number of ether oxygens (including phenoxy) is 2. The van der Waals surface area contributed by atoms with Crippen molar-refractivity contribution in [3.8, 4) is 0 Å². The van der Waals surface area contributed by atoms with Crippen LogP contribution in [0.15, 0.2) is 12.7 Å². The van der Waals surface area contributed by atoms with Gasteiger partial charge in [-0.3, -0.25) is 4.79 Å². The van der Waals surface area contributed by atoms with Gasteiger partial charge in [-0.25, -0.2) is 0 Å². The number of hydrogen-bond donors (Lipinski definition) is 2. The Bertz CT molecular complexity index is 209. The first-order chi connectivity index (χ1) is 8.20. The van der Waals surface area contributed by atoms with E-state index in [1.54, 1.807) is 0 Å². The summed E-state index contributed by atoms with van der Waals surface area (Å²) in [5.74, 6) is -0.188. The number of rotatable bonds is 11. The molecule has 2 N–H and O–H groups in total. The number of aliphatic hydroxyl groups is 1. The third kappa shape index (κ3) is 11.4. The van der Waals surface area contributed by atoms with E-state index in [4.69, 9.17) is 9.47 Å². The third-order valence-corrected chi connectivity index (χ3v) is 1.86. The molecule has 99 valence electrons. The zero-order chi connectivity index (χ0) is 12.9. The van der Waals surface area contributed by atoms with Gasteiger partial charge in [0.1, 0.15) is 6.10 Å². The molecule has 17 heavy (non-hydrogen) atoms. The van der Waals surface area contributed by atoms with E-state index in [1.165, 1.54) is 6.08 Å².